The molecule has 0 saturated carbocycles. The minimum absolute atomic E-state index is 0.392. The van der Waals surface area contributed by atoms with E-state index in [0.29, 0.717) is 11.0 Å². The first-order valence-corrected chi connectivity index (χ1v) is 6.75. The summed E-state index contributed by atoms with van der Waals surface area (Å²) in [5.41, 5.74) is 2.25. The van der Waals surface area contributed by atoms with Gasteiger partial charge in [0.15, 0.2) is 11.0 Å². The Morgan fingerprint density at radius 2 is 1.80 bits per heavy atom. The highest BCUT2D eigenvalue weighted by atomic mass is 35.5. The Hall–Kier alpha value is -2.20. The number of para-hydroxylation sites is 1. The summed E-state index contributed by atoms with van der Waals surface area (Å²) in [5, 5.41) is 4.74. The normalized spacial score (nSPS) is 10.7. The van der Waals surface area contributed by atoms with Gasteiger partial charge in [0.2, 0.25) is 0 Å². The van der Waals surface area contributed by atoms with E-state index < -0.39 is 0 Å². The van der Waals surface area contributed by atoms with Crippen LogP contribution in [0.15, 0.2) is 48.9 Å². The summed E-state index contributed by atoms with van der Waals surface area (Å²) in [4.78, 5) is 12.6. The zero-order valence-corrected chi connectivity index (χ0v) is 11.5. The largest absolute Gasteiger partial charge is 0.367 e. The quantitative estimate of drug-likeness (QED) is 0.798. The first-order valence-electron chi connectivity index (χ1n) is 6.37. The van der Waals surface area contributed by atoms with E-state index in [2.05, 4.69) is 44.5 Å². The number of halogens is 1. The summed E-state index contributed by atoms with van der Waals surface area (Å²) >= 11 is 5.95. The van der Waals surface area contributed by atoms with E-state index in [4.69, 9.17) is 11.6 Å². The molecule has 100 valence electrons. The first-order chi connectivity index (χ1) is 9.84. The molecule has 5 heteroatoms. The van der Waals surface area contributed by atoms with Crippen LogP contribution in [0, 0.1) is 0 Å². The number of hydrogen-bond acceptors (Lipinski definition) is 4. The topological polar surface area (TPSA) is 50.7 Å². The van der Waals surface area contributed by atoms with Crippen molar-refractivity contribution in [2.75, 3.05) is 11.9 Å². The molecule has 0 bridgehead atoms. The molecule has 1 N–H and O–H groups in total. The molecule has 0 aliphatic rings. The highest BCUT2D eigenvalue weighted by Crippen LogP contribution is 2.17. The Kier molecular flexibility index (Phi) is 3.74. The van der Waals surface area contributed by atoms with Gasteiger partial charge in [-0.2, -0.15) is 0 Å². The third-order valence-electron chi connectivity index (χ3n) is 3.06. The fourth-order valence-electron chi connectivity index (χ4n) is 2.12. The summed E-state index contributed by atoms with van der Waals surface area (Å²) in [6, 6.07) is 10.2. The predicted octanol–water partition coefficient (Wildman–Crippen LogP) is 3.33. The van der Waals surface area contributed by atoms with Crippen molar-refractivity contribution in [1.82, 2.24) is 15.0 Å². The summed E-state index contributed by atoms with van der Waals surface area (Å²) in [5.74, 6) is 0.613. The Morgan fingerprint density at radius 3 is 2.70 bits per heavy atom. The summed E-state index contributed by atoms with van der Waals surface area (Å²) in [6.07, 6.45) is 5.86. The molecule has 3 rings (SSSR count). The highest BCUT2D eigenvalue weighted by molar-refractivity contribution is 6.31. The highest BCUT2D eigenvalue weighted by Gasteiger charge is 2.03. The van der Waals surface area contributed by atoms with Gasteiger partial charge in [0.1, 0.15) is 0 Å². The van der Waals surface area contributed by atoms with Gasteiger partial charge in [0, 0.05) is 30.5 Å². The fraction of sp³-hybridized carbons (Fsp3) is 0.133. The van der Waals surface area contributed by atoms with Gasteiger partial charge in [0.25, 0.3) is 0 Å². The second kappa shape index (κ2) is 5.84. The van der Waals surface area contributed by atoms with Crippen LogP contribution in [0.2, 0.25) is 5.15 Å². The zero-order chi connectivity index (χ0) is 13.8. The van der Waals surface area contributed by atoms with Crippen LogP contribution in [0.3, 0.4) is 0 Å². The van der Waals surface area contributed by atoms with Crippen LogP contribution < -0.4 is 5.32 Å². The van der Waals surface area contributed by atoms with Gasteiger partial charge < -0.3 is 5.32 Å². The summed E-state index contributed by atoms with van der Waals surface area (Å²) < 4.78 is 0. The fourth-order valence-corrected chi connectivity index (χ4v) is 2.30. The van der Waals surface area contributed by atoms with Crippen LogP contribution >= 0.6 is 11.6 Å². The molecule has 0 atom stereocenters. The molecule has 1 aromatic carbocycles. The molecule has 2 aromatic heterocycles. The van der Waals surface area contributed by atoms with Crippen molar-refractivity contribution < 1.29 is 0 Å². The molecule has 0 amide bonds. The monoisotopic (exact) mass is 284 g/mol. The van der Waals surface area contributed by atoms with Gasteiger partial charge in [-0.25, -0.2) is 9.97 Å². The van der Waals surface area contributed by atoms with E-state index in [1.807, 2.05) is 12.3 Å². The van der Waals surface area contributed by atoms with Gasteiger partial charge in [-0.15, -0.1) is 0 Å². The summed E-state index contributed by atoms with van der Waals surface area (Å²) in [6.45, 7) is 0.730. The third-order valence-corrected chi connectivity index (χ3v) is 3.33. The molecular formula is C15H13ClN4. The lowest BCUT2D eigenvalue weighted by Gasteiger charge is -2.08. The van der Waals surface area contributed by atoms with Crippen molar-refractivity contribution in [1.29, 1.82) is 0 Å². The SMILES string of the molecule is Clc1nccnc1NCCc1cccc2cccnc12. The minimum atomic E-state index is 0.392. The first kappa shape index (κ1) is 12.8. The minimum Gasteiger partial charge on any atom is -0.367 e. The van der Waals surface area contributed by atoms with E-state index in [1.165, 1.54) is 5.56 Å². The number of nitrogens with one attached hydrogen (secondary N) is 1. The smallest absolute Gasteiger partial charge is 0.171 e. The van der Waals surface area contributed by atoms with Crippen LogP contribution in [0.4, 0.5) is 5.82 Å². The lowest BCUT2D eigenvalue weighted by molar-refractivity contribution is 1.00. The molecule has 2 heterocycles. The standard InChI is InChI=1S/C15H13ClN4/c16-14-15(20-10-9-18-14)19-8-6-12-4-1-3-11-5-2-7-17-13(11)12/h1-5,7,9-10H,6,8H2,(H,19,20). The number of benzene rings is 1. The maximum atomic E-state index is 5.95. The van der Waals surface area contributed by atoms with Crippen LogP contribution in [-0.2, 0) is 6.42 Å². The Morgan fingerprint density at radius 1 is 0.950 bits per heavy atom. The Bertz CT molecular complexity index is 724. The molecule has 0 radical (unpaired) electrons. The number of nitrogens with zero attached hydrogens (tertiary/aromatic N) is 3. The van der Waals surface area contributed by atoms with Crippen molar-refractivity contribution in [3.63, 3.8) is 0 Å². The number of fused-ring (bicyclic) bond motifs is 1. The molecule has 20 heavy (non-hydrogen) atoms. The van der Waals surface area contributed by atoms with Gasteiger partial charge in [-0.3, -0.25) is 4.98 Å². The van der Waals surface area contributed by atoms with Gasteiger partial charge in [0.05, 0.1) is 5.52 Å². The average Bonchev–Trinajstić information content (AvgIpc) is 2.49. The predicted molar refractivity (Wildman–Crippen MR) is 81.0 cm³/mol. The molecule has 4 nitrogen and oxygen atoms in total. The maximum absolute atomic E-state index is 5.95. The third kappa shape index (κ3) is 2.70. The maximum Gasteiger partial charge on any atom is 0.171 e. The summed E-state index contributed by atoms with van der Waals surface area (Å²) in [7, 11) is 0. The van der Waals surface area contributed by atoms with Crippen molar-refractivity contribution >= 4 is 28.3 Å². The van der Waals surface area contributed by atoms with E-state index in [1.54, 1.807) is 12.4 Å². The van der Waals surface area contributed by atoms with Crippen molar-refractivity contribution in [3.8, 4) is 0 Å². The number of rotatable bonds is 4. The number of pyridine rings is 1. The van der Waals surface area contributed by atoms with Gasteiger partial charge in [-0.05, 0) is 18.1 Å². The Balaban J connectivity index is 1.73. The van der Waals surface area contributed by atoms with Crippen molar-refractivity contribution in [2.45, 2.75) is 6.42 Å². The van der Waals surface area contributed by atoms with Gasteiger partial charge >= 0.3 is 0 Å². The van der Waals surface area contributed by atoms with Crippen LogP contribution in [0.5, 0.6) is 0 Å². The lowest BCUT2D eigenvalue weighted by Crippen LogP contribution is -2.07. The van der Waals surface area contributed by atoms with E-state index >= 15 is 0 Å². The second-order valence-corrected chi connectivity index (χ2v) is 4.72. The molecule has 0 aliphatic heterocycles. The molecule has 0 aliphatic carbocycles. The van der Waals surface area contributed by atoms with Crippen LogP contribution in [-0.4, -0.2) is 21.5 Å². The second-order valence-electron chi connectivity index (χ2n) is 4.36. The average molecular weight is 285 g/mol. The van der Waals surface area contributed by atoms with E-state index in [0.717, 1.165) is 23.9 Å². The molecule has 0 saturated heterocycles. The molecule has 0 fully saturated rings. The van der Waals surface area contributed by atoms with Crippen LogP contribution in [0.25, 0.3) is 10.9 Å². The number of hydrogen-bond donors (Lipinski definition) is 1. The van der Waals surface area contributed by atoms with E-state index in [9.17, 15) is 0 Å². The van der Waals surface area contributed by atoms with Crippen LogP contribution in [0.1, 0.15) is 5.56 Å². The molecule has 3 aromatic rings. The number of aromatic nitrogens is 3. The van der Waals surface area contributed by atoms with Crippen molar-refractivity contribution in [3.05, 3.63) is 59.6 Å². The molecule has 0 spiro atoms. The number of anilines is 1. The van der Waals surface area contributed by atoms with Gasteiger partial charge in [-0.1, -0.05) is 35.9 Å². The zero-order valence-electron chi connectivity index (χ0n) is 10.8. The lowest BCUT2D eigenvalue weighted by atomic mass is 10.1. The Labute approximate surface area is 121 Å². The molecular weight excluding hydrogens is 272 g/mol. The van der Waals surface area contributed by atoms with Crippen molar-refractivity contribution in [2.24, 2.45) is 0 Å². The van der Waals surface area contributed by atoms with E-state index in [-0.39, 0.29) is 0 Å². The molecule has 0 unspecified atom stereocenters.